The number of hydrogen-bond donors (Lipinski definition) is 0. The third-order valence-electron chi connectivity index (χ3n) is 2.75. The molecule has 6 heteroatoms. The minimum absolute atomic E-state index is 0.209. The smallest absolute Gasteiger partial charge is 0.320 e. The third kappa shape index (κ3) is 4.54. The Morgan fingerprint density at radius 3 is 3.14 bits per heavy atom. The summed E-state index contributed by atoms with van der Waals surface area (Å²) in [6.07, 6.45) is 1.75. The summed E-state index contributed by atoms with van der Waals surface area (Å²) in [6, 6.07) is 5.84. The molecule has 0 amide bonds. The topological polar surface area (TPSA) is 55.6 Å². The lowest BCUT2D eigenvalue weighted by Crippen LogP contribution is -2.30. The maximum Gasteiger partial charge on any atom is 0.320 e. The number of nitrogens with zero attached hydrogens (tertiary/aromatic N) is 2. The van der Waals surface area contributed by atoms with Gasteiger partial charge in [-0.05, 0) is 18.4 Å². The number of rotatable bonds is 8. The maximum atomic E-state index is 11.6. The van der Waals surface area contributed by atoms with Gasteiger partial charge in [-0.3, -0.25) is 9.69 Å². The molecule has 0 saturated heterocycles. The van der Waals surface area contributed by atoms with Crippen molar-refractivity contribution in [1.82, 2.24) is 10.1 Å². The van der Waals surface area contributed by atoms with Crippen LogP contribution < -0.4 is 0 Å². The molecule has 0 radical (unpaired) electrons. The van der Waals surface area contributed by atoms with Crippen LogP contribution in [0.1, 0.15) is 12.6 Å². The van der Waals surface area contributed by atoms with Crippen molar-refractivity contribution < 1.29 is 14.1 Å². The molecule has 0 atom stereocenters. The van der Waals surface area contributed by atoms with E-state index < -0.39 is 0 Å². The van der Waals surface area contributed by atoms with Gasteiger partial charge in [-0.1, -0.05) is 17.3 Å². The standard InChI is InChI=1S/C15H18N2O3S/c1-3-7-17(11-15(18)19-4-2)10-12-9-13(20-16-12)14-6-5-8-21-14/h3,5-6,8-9H,1,4,7,10-11H2,2H3. The van der Waals surface area contributed by atoms with Crippen LogP contribution >= 0.6 is 11.3 Å². The van der Waals surface area contributed by atoms with Gasteiger partial charge in [0.15, 0.2) is 5.76 Å². The monoisotopic (exact) mass is 306 g/mol. The highest BCUT2D eigenvalue weighted by Gasteiger charge is 2.14. The first kappa shape index (κ1) is 15.5. The van der Waals surface area contributed by atoms with E-state index in [1.54, 1.807) is 24.3 Å². The first-order chi connectivity index (χ1) is 10.2. The molecule has 0 unspecified atom stereocenters. The molecule has 0 fully saturated rings. The van der Waals surface area contributed by atoms with Crippen molar-refractivity contribution in [2.75, 3.05) is 19.7 Å². The van der Waals surface area contributed by atoms with Crippen molar-refractivity contribution in [2.24, 2.45) is 0 Å². The second kappa shape index (κ2) is 7.75. The molecule has 21 heavy (non-hydrogen) atoms. The average Bonchev–Trinajstić information content (AvgIpc) is 3.09. The molecule has 2 rings (SSSR count). The Hall–Kier alpha value is -1.92. The summed E-state index contributed by atoms with van der Waals surface area (Å²) in [5, 5.41) is 6.04. The van der Waals surface area contributed by atoms with E-state index in [2.05, 4.69) is 11.7 Å². The molecule has 0 aromatic carbocycles. The summed E-state index contributed by atoms with van der Waals surface area (Å²) in [5.41, 5.74) is 0.782. The van der Waals surface area contributed by atoms with Gasteiger partial charge in [0, 0.05) is 19.2 Å². The Morgan fingerprint density at radius 1 is 1.62 bits per heavy atom. The van der Waals surface area contributed by atoms with Crippen LogP contribution in [-0.4, -0.2) is 35.7 Å². The van der Waals surface area contributed by atoms with Crippen LogP contribution in [0.4, 0.5) is 0 Å². The summed E-state index contributed by atoms with van der Waals surface area (Å²) < 4.78 is 10.3. The van der Waals surface area contributed by atoms with Gasteiger partial charge >= 0.3 is 5.97 Å². The zero-order valence-corrected chi connectivity index (χ0v) is 12.8. The molecule has 5 nitrogen and oxygen atoms in total. The van der Waals surface area contributed by atoms with Gasteiger partial charge in [-0.2, -0.15) is 0 Å². The summed E-state index contributed by atoms with van der Waals surface area (Å²) in [4.78, 5) is 14.5. The van der Waals surface area contributed by atoms with E-state index in [1.807, 2.05) is 28.5 Å². The summed E-state index contributed by atoms with van der Waals surface area (Å²) in [7, 11) is 0. The second-order valence-corrected chi connectivity index (χ2v) is 5.37. The minimum Gasteiger partial charge on any atom is -0.465 e. The van der Waals surface area contributed by atoms with Crippen LogP contribution in [0, 0.1) is 0 Å². The Labute approximate surface area is 127 Å². The molecule has 0 aliphatic carbocycles. The van der Waals surface area contributed by atoms with Gasteiger partial charge in [-0.25, -0.2) is 0 Å². The quantitative estimate of drug-likeness (QED) is 0.554. The largest absolute Gasteiger partial charge is 0.465 e. The van der Waals surface area contributed by atoms with Crippen LogP contribution in [0.3, 0.4) is 0 Å². The Balaban J connectivity index is 1.99. The number of esters is 1. The lowest BCUT2D eigenvalue weighted by molar-refractivity contribution is -0.144. The van der Waals surface area contributed by atoms with E-state index in [0.29, 0.717) is 19.7 Å². The molecule has 2 aromatic rings. The molecule has 0 N–H and O–H groups in total. The first-order valence-electron chi connectivity index (χ1n) is 6.71. The third-order valence-corrected chi connectivity index (χ3v) is 3.64. The van der Waals surface area contributed by atoms with E-state index in [0.717, 1.165) is 16.3 Å². The van der Waals surface area contributed by atoms with E-state index in [4.69, 9.17) is 9.26 Å². The number of thiophene rings is 1. The first-order valence-corrected chi connectivity index (χ1v) is 7.59. The molecule has 0 aliphatic heterocycles. The zero-order valence-electron chi connectivity index (χ0n) is 11.9. The molecular formula is C15H18N2O3S. The van der Waals surface area contributed by atoms with Crippen molar-refractivity contribution in [3.05, 3.63) is 41.9 Å². The van der Waals surface area contributed by atoms with E-state index in [-0.39, 0.29) is 12.5 Å². The van der Waals surface area contributed by atoms with Gasteiger partial charge in [0.25, 0.3) is 0 Å². The Kier molecular flexibility index (Phi) is 5.71. The van der Waals surface area contributed by atoms with Crippen molar-refractivity contribution in [3.63, 3.8) is 0 Å². The fourth-order valence-corrected chi connectivity index (χ4v) is 2.58. The van der Waals surface area contributed by atoms with Crippen LogP contribution in [0.25, 0.3) is 10.6 Å². The number of ether oxygens (including phenoxy) is 1. The van der Waals surface area contributed by atoms with Crippen LogP contribution in [0.15, 0.2) is 40.8 Å². The van der Waals surface area contributed by atoms with Gasteiger partial charge in [-0.15, -0.1) is 17.9 Å². The van der Waals surface area contributed by atoms with Crippen LogP contribution in [-0.2, 0) is 16.1 Å². The summed E-state index contributed by atoms with van der Waals surface area (Å²) >= 11 is 1.60. The summed E-state index contributed by atoms with van der Waals surface area (Å²) in [6.45, 7) is 7.19. The Bertz CT molecular complexity index is 578. The normalized spacial score (nSPS) is 10.8. The highest BCUT2D eigenvalue weighted by atomic mass is 32.1. The number of hydrogen-bond acceptors (Lipinski definition) is 6. The van der Waals surface area contributed by atoms with Crippen molar-refractivity contribution in [1.29, 1.82) is 0 Å². The lowest BCUT2D eigenvalue weighted by Gasteiger charge is -2.17. The van der Waals surface area contributed by atoms with Gasteiger partial charge in [0.1, 0.15) is 0 Å². The van der Waals surface area contributed by atoms with Crippen molar-refractivity contribution in [2.45, 2.75) is 13.5 Å². The maximum absolute atomic E-state index is 11.6. The fraction of sp³-hybridized carbons (Fsp3) is 0.333. The SMILES string of the molecule is C=CCN(CC(=O)OCC)Cc1cc(-c2cccs2)on1. The van der Waals surface area contributed by atoms with E-state index >= 15 is 0 Å². The molecule has 2 heterocycles. The molecule has 0 spiro atoms. The fourth-order valence-electron chi connectivity index (χ4n) is 1.91. The van der Waals surface area contributed by atoms with Crippen molar-refractivity contribution in [3.8, 4) is 10.6 Å². The lowest BCUT2D eigenvalue weighted by atomic mass is 10.3. The summed E-state index contributed by atoms with van der Waals surface area (Å²) in [5.74, 6) is 0.496. The molecular weight excluding hydrogens is 288 g/mol. The van der Waals surface area contributed by atoms with Crippen LogP contribution in [0.2, 0.25) is 0 Å². The van der Waals surface area contributed by atoms with Gasteiger partial charge < -0.3 is 9.26 Å². The second-order valence-electron chi connectivity index (χ2n) is 4.42. The van der Waals surface area contributed by atoms with Crippen molar-refractivity contribution >= 4 is 17.3 Å². The van der Waals surface area contributed by atoms with Gasteiger partial charge in [0.05, 0.1) is 23.7 Å². The highest BCUT2D eigenvalue weighted by molar-refractivity contribution is 7.13. The number of carbonyl (C=O) groups is 1. The zero-order chi connectivity index (χ0) is 15.1. The van der Waals surface area contributed by atoms with Gasteiger partial charge in [0.2, 0.25) is 0 Å². The molecule has 112 valence electrons. The predicted molar refractivity (Wildman–Crippen MR) is 81.9 cm³/mol. The number of carbonyl (C=O) groups excluding carboxylic acids is 1. The average molecular weight is 306 g/mol. The minimum atomic E-state index is -0.249. The molecule has 2 aromatic heterocycles. The predicted octanol–water partition coefficient (Wildman–Crippen LogP) is 2.95. The highest BCUT2D eigenvalue weighted by Crippen LogP contribution is 2.25. The van der Waals surface area contributed by atoms with Crippen LogP contribution in [0.5, 0.6) is 0 Å². The number of aromatic nitrogens is 1. The van der Waals surface area contributed by atoms with E-state index in [1.165, 1.54) is 0 Å². The molecule has 0 aliphatic rings. The molecule has 0 bridgehead atoms. The Morgan fingerprint density at radius 2 is 2.48 bits per heavy atom. The van der Waals surface area contributed by atoms with E-state index in [9.17, 15) is 4.79 Å². The molecule has 0 saturated carbocycles.